The van der Waals surface area contributed by atoms with Gasteiger partial charge >= 0.3 is 0 Å². The van der Waals surface area contributed by atoms with E-state index in [2.05, 4.69) is 15.3 Å². The SMILES string of the molecule is C[C@H](NC(=O)c1cnc[nH]1)c1ccc2c(c1)OCCCO2. The van der Waals surface area contributed by atoms with Gasteiger partial charge in [-0.1, -0.05) is 6.07 Å². The topological polar surface area (TPSA) is 76.2 Å². The molecule has 1 aromatic carbocycles. The van der Waals surface area contributed by atoms with Gasteiger partial charge in [-0.25, -0.2) is 4.98 Å². The minimum absolute atomic E-state index is 0.141. The number of amides is 1. The monoisotopic (exact) mass is 287 g/mol. The zero-order valence-electron chi connectivity index (χ0n) is 11.8. The zero-order chi connectivity index (χ0) is 14.7. The maximum atomic E-state index is 12.0. The summed E-state index contributed by atoms with van der Waals surface area (Å²) >= 11 is 0. The number of ether oxygens (including phenoxy) is 2. The van der Waals surface area contributed by atoms with E-state index >= 15 is 0 Å². The van der Waals surface area contributed by atoms with E-state index in [1.165, 1.54) is 12.5 Å². The van der Waals surface area contributed by atoms with Gasteiger partial charge in [0.2, 0.25) is 0 Å². The van der Waals surface area contributed by atoms with Crippen LogP contribution in [0.5, 0.6) is 11.5 Å². The van der Waals surface area contributed by atoms with Crippen LogP contribution in [0.4, 0.5) is 0 Å². The molecule has 0 saturated heterocycles. The predicted molar refractivity (Wildman–Crippen MR) is 76.5 cm³/mol. The molecule has 2 heterocycles. The summed E-state index contributed by atoms with van der Waals surface area (Å²) < 4.78 is 11.3. The fraction of sp³-hybridized carbons (Fsp3) is 0.333. The molecule has 1 atom stereocenters. The molecule has 0 aliphatic carbocycles. The first-order valence-corrected chi connectivity index (χ1v) is 6.93. The Morgan fingerprint density at radius 2 is 2.14 bits per heavy atom. The number of benzene rings is 1. The van der Waals surface area contributed by atoms with Crippen LogP contribution in [0.15, 0.2) is 30.7 Å². The summed E-state index contributed by atoms with van der Waals surface area (Å²) in [5, 5.41) is 2.91. The third kappa shape index (κ3) is 2.99. The van der Waals surface area contributed by atoms with Gasteiger partial charge in [-0.05, 0) is 24.6 Å². The number of hydrogen-bond acceptors (Lipinski definition) is 4. The van der Waals surface area contributed by atoms with E-state index in [4.69, 9.17) is 9.47 Å². The van der Waals surface area contributed by atoms with E-state index in [9.17, 15) is 4.79 Å². The molecule has 0 spiro atoms. The molecule has 2 N–H and O–H groups in total. The molecule has 0 fully saturated rings. The number of imidazole rings is 1. The van der Waals surface area contributed by atoms with Gasteiger partial charge in [-0.3, -0.25) is 4.79 Å². The van der Waals surface area contributed by atoms with Crippen LogP contribution in [0.3, 0.4) is 0 Å². The van der Waals surface area contributed by atoms with Crippen LogP contribution in [-0.4, -0.2) is 29.1 Å². The second-order valence-electron chi connectivity index (χ2n) is 4.92. The normalized spacial score (nSPS) is 15.1. The molecule has 1 aliphatic rings. The van der Waals surface area contributed by atoms with Crippen LogP contribution in [0.25, 0.3) is 0 Å². The van der Waals surface area contributed by atoms with Gasteiger partial charge in [0.15, 0.2) is 11.5 Å². The zero-order valence-corrected chi connectivity index (χ0v) is 11.8. The van der Waals surface area contributed by atoms with Crippen LogP contribution in [0.2, 0.25) is 0 Å². The van der Waals surface area contributed by atoms with E-state index < -0.39 is 0 Å². The van der Waals surface area contributed by atoms with Crippen molar-refractivity contribution in [2.24, 2.45) is 0 Å². The molecule has 0 unspecified atom stereocenters. The number of aromatic amines is 1. The van der Waals surface area contributed by atoms with Gasteiger partial charge in [-0.15, -0.1) is 0 Å². The first kappa shape index (κ1) is 13.5. The summed E-state index contributed by atoms with van der Waals surface area (Å²) in [7, 11) is 0. The van der Waals surface area contributed by atoms with E-state index in [0.717, 1.165) is 23.5 Å². The number of aromatic nitrogens is 2. The summed E-state index contributed by atoms with van der Waals surface area (Å²) in [6.07, 6.45) is 3.85. The first-order chi connectivity index (χ1) is 10.2. The summed E-state index contributed by atoms with van der Waals surface area (Å²) in [6.45, 7) is 3.23. The van der Waals surface area contributed by atoms with Crippen LogP contribution < -0.4 is 14.8 Å². The Balaban J connectivity index is 1.74. The van der Waals surface area contributed by atoms with Crippen molar-refractivity contribution >= 4 is 5.91 Å². The highest BCUT2D eigenvalue weighted by molar-refractivity contribution is 5.92. The Morgan fingerprint density at radius 3 is 2.90 bits per heavy atom. The average Bonchev–Trinajstić information content (AvgIpc) is 2.92. The second kappa shape index (κ2) is 5.87. The molecule has 2 aromatic rings. The standard InChI is InChI=1S/C15H17N3O3/c1-10(18-15(19)12-8-16-9-17-12)11-3-4-13-14(7-11)21-6-2-5-20-13/h3-4,7-10H,2,5-6H2,1H3,(H,16,17)(H,18,19)/t10-/m0/s1. The molecule has 1 amide bonds. The van der Waals surface area contributed by atoms with Crippen LogP contribution in [0.1, 0.15) is 35.4 Å². The molecule has 6 heteroatoms. The number of carbonyl (C=O) groups is 1. The molecular weight excluding hydrogens is 270 g/mol. The Labute approximate surface area is 122 Å². The van der Waals surface area contributed by atoms with Gasteiger partial charge in [-0.2, -0.15) is 0 Å². The Hall–Kier alpha value is -2.50. The Morgan fingerprint density at radius 1 is 1.33 bits per heavy atom. The van der Waals surface area contributed by atoms with Crippen molar-refractivity contribution in [3.05, 3.63) is 42.0 Å². The molecule has 1 aliphatic heterocycles. The van der Waals surface area contributed by atoms with E-state index in [1.807, 2.05) is 25.1 Å². The van der Waals surface area contributed by atoms with Crippen LogP contribution >= 0.6 is 0 Å². The second-order valence-corrected chi connectivity index (χ2v) is 4.92. The lowest BCUT2D eigenvalue weighted by Gasteiger charge is -2.16. The first-order valence-electron chi connectivity index (χ1n) is 6.93. The summed E-state index contributed by atoms with van der Waals surface area (Å²) in [6, 6.07) is 5.59. The molecular formula is C15H17N3O3. The van der Waals surface area contributed by atoms with Crippen molar-refractivity contribution in [1.82, 2.24) is 15.3 Å². The average molecular weight is 287 g/mol. The summed E-state index contributed by atoms with van der Waals surface area (Å²) in [5.41, 5.74) is 1.41. The van der Waals surface area contributed by atoms with E-state index in [1.54, 1.807) is 0 Å². The number of rotatable bonds is 3. The van der Waals surface area contributed by atoms with Gasteiger partial charge < -0.3 is 19.8 Å². The van der Waals surface area contributed by atoms with Crippen molar-refractivity contribution in [2.75, 3.05) is 13.2 Å². The fourth-order valence-electron chi connectivity index (χ4n) is 2.19. The van der Waals surface area contributed by atoms with Crippen LogP contribution in [-0.2, 0) is 0 Å². The number of fused-ring (bicyclic) bond motifs is 1. The highest BCUT2D eigenvalue weighted by Gasteiger charge is 2.16. The highest BCUT2D eigenvalue weighted by Crippen LogP contribution is 2.32. The maximum absolute atomic E-state index is 12.0. The van der Waals surface area contributed by atoms with Crippen molar-refractivity contribution in [2.45, 2.75) is 19.4 Å². The smallest absolute Gasteiger partial charge is 0.269 e. The van der Waals surface area contributed by atoms with Crippen molar-refractivity contribution in [1.29, 1.82) is 0 Å². The minimum atomic E-state index is -0.188. The van der Waals surface area contributed by atoms with E-state index in [0.29, 0.717) is 18.9 Å². The lowest BCUT2D eigenvalue weighted by Crippen LogP contribution is -2.26. The number of nitrogens with one attached hydrogen (secondary N) is 2. The largest absolute Gasteiger partial charge is 0.490 e. The third-order valence-electron chi connectivity index (χ3n) is 3.36. The van der Waals surface area contributed by atoms with E-state index in [-0.39, 0.29) is 11.9 Å². The van der Waals surface area contributed by atoms with Gasteiger partial charge in [0.25, 0.3) is 5.91 Å². The lowest BCUT2D eigenvalue weighted by molar-refractivity contribution is 0.0935. The number of nitrogens with zero attached hydrogens (tertiary/aromatic N) is 1. The minimum Gasteiger partial charge on any atom is -0.490 e. The summed E-state index contributed by atoms with van der Waals surface area (Å²) in [5.74, 6) is 1.29. The molecule has 110 valence electrons. The quantitative estimate of drug-likeness (QED) is 0.906. The number of H-pyrrole nitrogens is 1. The Bertz CT molecular complexity index is 625. The van der Waals surface area contributed by atoms with Gasteiger partial charge in [0.05, 0.1) is 31.8 Å². The van der Waals surface area contributed by atoms with Gasteiger partial charge in [0.1, 0.15) is 5.69 Å². The Kier molecular flexibility index (Phi) is 3.77. The maximum Gasteiger partial charge on any atom is 0.269 e. The molecule has 0 bridgehead atoms. The number of hydrogen-bond donors (Lipinski definition) is 2. The van der Waals surface area contributed by atoms with Crippen molar-refractivity contribution < 1.29 is 14.3 Å². The van der Waals surface area contributed by atoms with Gasteiger partial charge in [0, 0.05) is 6.42 Å². The molecule has 0 saturated carbocycles. The third-order valence-corrected chi connectivity index (χ3v) is 3.36. The van der Waals surface area contributed by atoms with Crippen LogP contribution in [0, 0.1) is 0 Å². The predicted octanol–water partition coefficient (Wildman–Crippen LogP) is 2.06. The van der Waals surface area contributed by atoms with Crippen molar-refractivity contribution in [3.8, 4) is 11.5 Å². The molecule has 0 radical (unpaired) electrons. The molecule has 3 rings (SSSR count). The highest BCUT2D eigenvalue weighted by atomic mass is 16.5. The summed E-state index contributed by atoms with van der Waals surface area (Å²) in [4.78, 5) is 18.6. The molecule has 1 aromatic heterocycles. The molecule has 6 nitrogen and oxygen atoms in total. The fourth-order valence-corrected chi connectivity index (χ4v) is 2.19. The number of carbonyl (C=O) groups excluding carboxylic acids is 1. The van der Waals surface area contributed by atoms with Crippen molar-refractivity contribution in [3.63, 3.8) is 0 Å². The molecule has 21 heavy (non-hydrogen) atoms. The lowest BCUT2D eigenvalue weighted by atomic mass is 10.1.